The van der Waals surface area contributed by atoms with Crippen LogP contribution in [0.2, 0.25) is 5.02 Å². The Morgan fingerprint density at radius 2 is 1.83 bits per heavy atom. The average Bonchev–Trinajstić information content (AvgIpc) is 2.90. The van der Waals surface area contributed by atoms with Crippen molar-refractivity contribution in [1.82, 2.24) is 5.32 Å². The molecule has 1 amide bonds. The molecule has 0 radical (unpaired) electrons. The lowest BCUT2D eigenvalue weighted by Crippen LogP contribution is -2.32. The van der Waals surface area contributed by atoms with E-state index in [2.05, 4.69) is 5.32 Å². The van der Waals surface area contributed by atoms with E-state index in [-0.39, 0.29) is 10.9 Å². The quantitative estimate of drug-likeness (QED) is 0.923. The highest BCUT2D eigenvalue weighted by atomic mass is 35.5. The fourth-order valence-electron chi connectivity index (χ4n) is 2.84. The first-order valence-corrected chi connectivity index (χ1v) is 9.34. The molecule has 0 saturated heterocycles. The lowest BCUT2D eigenvalue weighted by Gasteiger charge is -2.14. The minimum absolute atomic E-state index is 0.101. The predicted molar refractivity (Wildman–Crippen MR) is 89.2 cm³/mol. The van der Waals surface area contributed by atoms with Crippen LogP contribution in [0.1, 0.15) is 23.6 Å². The van der Waals surface area contributed by atoms with E-state index in [1.165, 1.54) is 29.8 Å². The van der Waals surface area contributed by atoms with E-state index < -0.39 is 21.5 Å². The number of nitrogens with one attached hydrogen (secondary N) is 1. The van der Waals surface area contributed by atoms with Gasteiger partial charge in [-0.2, -0.15) is 0 Å². The molecule has 2 aromatic rings. The lowest BCUT2D eigenvalue weighted by molar-refractivity contribution is -0.119. The number of hydrogen-bond acceptors (Lipinski definition) is 3. The fraction of sp³-hybridized carbons (Fsp3) is 0.235. The molecule has 6 heteroatoms. The summed E-state index contributed by atoms with van der Waals surface area (Å²) in [7, 11) is -3.67. The Morgan fingerprint density at radius 1 is 1.13 bits per heavy atom. The minimum Gasteiger partial charge on any atom is -0.348 e. The first kappa shape index (κ1) is 16.0. The van der Waals surface area contributed by atoms with Crippen LogP contribution in [0, 0.1) is 0 Å². The molecule has 2 aromatic carbocycles. The smallest absolute Gasteiger partial charge is 0.236 e. The number of benzene rings is 2. The van der Waals surface area contributed by atoms with Crippen molar-refractivity contribution >= 4 is 27.3 Å². The highest BCUT2D eigenvalue weighted by Gasteiger charge is 2.26. The zero-order valence-corrected chi connectivity index (χ0v) is 13.9. The Labute approximate surface area is 140 Å². The number of sulfone groups is 1. The van der Waals surface area contributed by atoms with Gasteiger partial charge in [0.05, 0.1) is 10.9 Å². The van der Waals surface area contributed by atoms with Gasteiger partial charge in [0.15, 0.2) is 9.84 Å². The molecule has 0 fully saturated rings. The fourth-order valence-corrected chi connectivity index (χ4v) is 4.11. The zero-order chi connectivity index (χ0) is 16.4. The van der Waals surface area contributed by atoms with Crippen molar-refractivity contribution in [2.24, 2.45) is 0 Å². The number of carbonyl (C=O) groups excluding carboxylic acids is 1. The first-order chi connectivity index (χ1) is 11.0. The third kappa shape index (κ3) is 3.57. The number of rotatable bonds is 4. The van der Waals surface area contributed by atoms with Crippen LogP contribution in [-0.2, 0) is 21.1 Å². The summed E-state index contributed by atoms with van der Waals surface area (Å²) in [6.45, 7) is 0. The average molecular weight is 350 g/mol. The molecule has 23 heavy (non-hydrogen) atoms. The minimum atomic E-state index is -3.67. The SMILES string of the molecule is O=C(CS(=O)(=O)c1ccc(Cl)cc1)NC1CCc2ccccc21. The first-order valence-electron chi connectivity index (χ1n) is 7.31. The van der Waals surface area contributed by atoms with Crippen LogP contribution in [0.5, 0.6) is 0 Å². The van der Waals surface area contributed by atoms with Gasteiger partial charge in [-0.1, -0.05) is 35.9 Å². The highest BCUT2D eigenvalue weighted by Crippen LogP contribution is 2.30. The van der Waals surface area contributed by atoms with Crippen molar-refractivity contribution in [2.75, 3.05) is 5.75 Å². The second-order valence-corrected chi connectivity index (χ2v) is 8.00. The summed E-state index contributed by atoms with van der Waals surface area (Å²) < 4.78 is 24.5. The summed E-state index contributed by atoms with van der Waals surface area (Å²) in [5, 5.41) is 3.28. The van der Waals surface area contributed by atoms with Gasteiger partial charge in [0.2, 0.25) is 5.91 Å². The van der Waals surface area contributed by atoms with Crippen molar-refractivity contribution in [3.05, 3.63) is 64.7 Å². The van der Waals surface area contributed by atoms with Gasteiger partial charge in [-0.25, -0.2) is 8.42 Å². The molecule has 0 saturated carbocycles. The monoisotopic (exact) mass is 349 g/mol. The van der Waals surface area contributed by atoms with Gasteiger partial charge >= 0.3 is 0 Å². The van der Waals surface area contributed by atoms with Crippen LogP contribution in [0.4, 0.5) is 0 Å². The Bertz CT molecular complexity index is 831. The van der Waals surface area contributed by atoms with Crippen LogP contribution in [-0.4, -0.2) is 20.1 Å². The van der Waals surface area contributed by atoms with Crippen LogP contribution in [0.3, 0.4) is 0 Å². The standard InChI is InChI=1S/C17H16ClNO3S/c18-13-6-8-14(9-7-13)23(21,22)11-17(20)19-16-10-5-12-3-1-2-4-15(12)16/h1-4,6-9,16H,5,10-11H2,(H,19,20). The zero-order valence-electron chi connectivity index (χ0n) is 12.3. The van der Waals surface area contributed by atoms with E-state index in [1.807, 2.05) is 24.3 Å². The molecule has 1 N–H and O–H groups in total. The van der Waals surface area contributed by atoms with E-state index in [1.54, 1.807) is 0 Å². The van der Waals surface area contributed by atoms with Crippen molar-refractivity contribution in [3.8, 4) is 0 Å². The molecule has 0 spiro atoms. The van der Waals surface area contributed by atoms with Gasteiger partial charge in [-0.05, 0) is 48.2 Å². The molecule has 0 aliphatic heterocycles. The molecule has 4 nitrogen and oxygen atoms in total. The molecular weight excluding hydrogens is 334 g/mol. The van der Waals surface area contributed by atoms with E-state index >= 15 is 0 Å². The summed E-state index contributed by atoms with van der Waals surface area (Å²) in [6, 6.07) is 13.6. The maximum absolute atomic E-state index is 12.3. The van der Waals surface area contributed by atoms with Crippen LogP contribution < -0.4 is 5.32 Å². The number of hydrogen-bond donors (Lipinski definition) is 1. The third-order valence-electron chi connectivity index (χ3n) is 3.96. The number of carbonyl (C=O) groups is 1. The van der Waals surface area contributed by atoms with Gasteiger partial charge in [0.1, 0.15) is 5.75 Å². The summed E-state index contributed by atoms with van der Waals surface area (Å²) in [5.41, 5.74) is 2.28. The van der Waals surface area contributed by atoms with E-state index in [4.69, 9.17) is 11.6 Å². The van der Waals surface area contributed by atoms with Crippen LogP contribution in [0.25, 0.3) is 0 Å². The van der Waals surface area contributed by atoms with Crippen molar-refractivity contribution in [3.63, 3.8) is 0 Å². The second-order valence-electron chi connectivity index (χ2n) is 5.57. The molecule has 1 aliphatic rings. The normalized spacial score (nSPS) is 16.8. The summed E-state index contributed by atoms with van der Waals surface area (Å²) >= 11 is 5.75. The van der Waals surface area contributed by atoms with E-state index in [9.17, 15) is 13.2 Å². The molecular formula is C17H16ClNO3S. The molecule has 0 aromatic heterocycles. The summed E-state index contributed by atoms with van der Waals surface area (Å²) in [5.74, 6) is -1.05. The molecule has 3 rings (SSSR count). The largest absolute Gasteiger partial charge is 0.348 e. The highest BCUT2D eigenvalue weighted by molar-refractivity contribution is 7.92. The van der Waals surface area contributed by atoms with Gasteiger partial charge in [0, 0.05) is 5.02 Å². The maximum atomic E-state index is 12.3. The van der Waals surface area contributed by atoms with Crippen molar-refractivity contribution in [2.45, 2.75) is 23.8 Å². The number of amides is 1. The van der Waals surface area contributed by atoms with Crippen molar-refractivity contribution < 1.29 is 13.2 Å². The topological polar surface area (TPSA) is 63.2 Å². The van der Waals surface area contributed by atoms with Crippen LogP contribution in [0.15, 0.2) is 53.4 Å². The molecule has 0 bridgehead atoms. The Balaban J connectivity index is 1.69. The molecule has 1 unspecified atom stereocenters. The number of fused-ring (bicyclic) bond motifs is 1. The van der Waals surface area contributed by atoms with E-state index in [0.29, 0.717) is 5.02 Å². The number of aryl methyl sites for hydroxylation is 1. The molecule has 1 aliphatic carbocycles. The lowest BCUT2D eigenvalue weighted by atomic mass is 10.1. The third-order valence-corrected chi connectivity index (χ3v) is 5.85. The van der Waals surface area contributed by atoms with Gasteiger partial charge in [-0.15, -0.1) is 0 Å². The Morgan fingerprint density at radius 3 is 2.57 bits per heavy atom. The molecule has 120 valence electrons. The van der Waals surface area contributed by atoms with Gasteiger partial charge in [-0.3, -0.25) is 4.79 Å². The van der Waals surface area contributed by atoms with E-state index in [0.717, 1.165) is 18.4 Å². The Kier molecular flexibility index (Phi) is 4.41. The van der Waals surface area contributed by atoms with Crippen LogP contribution >= 0.6 is 11.6 Å². The molecule has 0 heterocycles. The van der Waals surface area contributed by atoms with Gasteiger partial charge < -0.3 is 5.32 Å². The predicted octanol–water partition coefficient (Wildman–Crippen LogP) is 2.92. The maximum Gasteiger partial charge on any atom is 0.236 e. The van der Waals surface area contributed by atoms with Gasteiger partial charge in [0.25, 0.3) is 0 Å². The summed E-state index contributed by atoms with van der Waals surface area (Å²) in [6.07, 6.45) is 1.69. The molecule has 1 atom stereocenters. The second kappa shape index (κ2) is 6.34. The Hall–Kier alpha value is -1.85. The summed E-state index contributed by atoms with van der Waals surface area (Å²) in [4.78, 5) is 12.2. The van der Waals surface area contributed by atoms with Crippen molar-refractivity contribution in [1.29, 1.82) is 0 Å². The number of halogens is 1.